The fraction of sp³-hybridized carbons (Fsp3) is 0.419. The maximum Gasteiger partial charge on any atom is 0.407 e. The molecule has 8 heteroatoms. The minimum Gasteiger partial charge on any atom is -0.449 e. The Bertz CT molecular complexity index is 1190. The van der Waals surface area contributed by atoms with Crippen LogP contribution in [0.5, 0.6) is 0 Å². The molecular formula is C31H40Br2N2O4. The van der Waals surface area contributed by atoms with Gasteiger partial charge in [0.25, 0.3) is 0 Å². The van der Waals surface area contributed by atoms with Crippen LogP contribution in [0.25, 0.3) is 11.1 Å². The third-order valence-corrected chi connectivity index (χ3v) is 8.97. The number of amides is 2. The number of carbonyl (C=O) groups excluding carboxylic acids is 2. The van der Waals surface area contributed by atoms with Crippen LogP contribution < -0.4 is 10.6 Å². The Labute approximate surface area is 249 Å². The summed E-state index contributed by atoms with van der Waals surface area (Å²) in [5, 5.41) is 6.76. The molecule has 2 N–H and O–H groups in total. The van der Waals surface area contributed by atoms with Crippen molar-refractivity contribution in [2.75, 3.05) is 23.9 Å². The molecule has 0 unspecified atom stereocenters. The summed E-state index contributed by atoms with van der Waals surface area (Å²) in [5.41, 5.74) is 3.87. The second-order valence-electron chi connectivity index (χ2n) is 11.1. The Morgan fingerprint density at radius 2 is 1.21 bits per heavy atom. The van der Waals surface area contributed by atoms with Gasteiger partial charge >= 0.3 is 12.2 Å². The van der Waals surface area contributed by atoms with Crippen LogP contribution >= 0.6 is 31.9 Å². The van der Waals surface area contributed by atoms with Crippen LogP contribution in [0.1, 0.15) is 63.8 Å². The van der Waals surface area contributed by atoms with Crippen molar-refractivity contribution in [2.45, 2.75) is 52.6 Å². The third-order valence-electron chi connectivity index (χ3n) is 6.59. The summed E-state index contributed by atoms with van der Waals surface area (Å²) in [5.74, 6) is 0. The molecule has 2 aromatic carbocycles. The lowest BCUT2D eigenvalue weighted by Gasteiger charge is -2.32. The molecule has 0 bridgehead atoms. The molecule has 39 heavy (non-hydrogen) atoms. The van der Waals surface area contributed by atoms with E-state index in [2.05, 4.69) is 55.7 Å². The first-order valence-electron chi connectivity index (χ1n) is 12.7. The van der Waals surface area contributed by atoms with Gasteiger partial charge < -0.3 is 20.1 Å². The van der Waals surface area contributed by atoms with E-state index in [-0.39, 0.29) is 13.2 Å². The summed E-state index contributed by atoms with van der Waals surface area (Å²) in [6.07, 6.45) is -1.12. The van der Waals surface area contributed by atoms with E-state index >= 15 is 0 Å². The minimum absolute atomic E-state index is 0.0380. The average Bonchev–Trinajstić information content (AvgIpc) is 2.88. The van der Waals surface area contributed by atoms with Gasteiger partial charge in [0.05, 0.1) is 16.5 Å². The highest BCUT2D eigenvalue weighted by Crippen LogP contribution is 2.27. The number of halogens is 2. The van der Waals surface area contributed by atoms with E-state index in [1.807, 2.05) is 90.1 Å². The van der Waals surface area contributed by atoms with Crippen molar-refractivity contribution in [2.24, 2.45) is 5.41 Å². The summed E-state index contributed by atoms with van der Waals surface area (Å²) in [7, 11) is 0. The van der Waals surface area contributed by atoms with Crippen molar-refractivity contribution in [3.63, 3.8) is 0 Å². The standard InChI is InChI=1S/C31H40Br2N2O4/c1-21(2)23-12-14-25(15-13-23)29(5,6)34-27(36)38-19-31(17-32,18-33)20-39-28(37)35-30(7,8)26-11-9-10-24(16-26)22(3)4/h9-16H,1,3,17-20H2,2,4-8H3,(H,34,36)(H,35,37). The fourth-order valence-electron chi connectivity index (χ4n) is 3.74. The van der Waals surface area contributed by atoms with Crippen LogP contribution in [0.15, 0.2) is 61.7 Å². The summed E-state index contributed by atoms with van der Waals surface area (Å²) in [4.78, 5) is 25.5. The number of carbonyl (C=O) groups is 2. The van der Waals surface area contributed by atoms with Crippen molar-refractivity contribution in [1.82, 2.24) is 10.6 Å². The largest absolute Gasteiger partial charge is 0.449 e. The molecule has 6 nitrogen and oxygen atoms in total. The summed E-state index contributed by atoms with van der Waals surface area (Å²) in [6.45, 7) is 19.6. The van der Waals surface area contributed by atoms with Gasteiger partial charge in [-0.3, -0.25) is 0 Å². The van der Waals surface area contributed by atoms with Gasteiger partial charge in [-0.2, -0.15) is 0 Å². The highest BCUT2D eigenvalue weighted by Gasteiger charge is 2.34. The number of hydrogen-bond acceptors (Lipinski definition) is 4. The number of rotatable bonds is 12. The minimum atomic E-state index is -0.668. The lowest BCUT2D eigenvalue weighted by Crippen LogP contribution is -2.46. The summed E-state index contributed by atoms with van der Waals surface area (Å²) >= 11 is 7.00. The molecule has 0 saturated heterocycles. The molecule has 0 aromatic heterocycles. The first kappa shape index (κ1) is 32.6. The molecule has 0 spiro atoms. The van der Waals surface area contributed by atoms with Gasteiger partial charge in [-0.05, 0) is 69.9 Å². The maximum absolute atomic E-state index is 12.8. The smallest absolute Gasteiger partial charge is 0.407 e. The van der Waals surface area contributed by atoms with Gasteiger partial charge in [0.15, 0.2) is 0 Å². The summed E-state index contributed by atoms with van der Waals surface area (Å²) in [6, 6.07) is 15.8. The van der Waals surface area contributed by atoms with Crippen LogP contribution in [0.2, 0.25) is 0 Å². The van der Waals surface area contributed by atoms with E-state index in [4.69, 9.17) is 9.47 Å². The molecule has 0 fully saturated rings. The molecule has 0 radical (unpaired) electrons. The van der Waals surface area contributed by atoms with Gasteiger partial charge in [0.2, 0.25) is 0 Å². The van der Waals surface area contributed by atoms with E-state index < -0.39 is 28.7 Å². The number of ether oxygens (including phenoxy) is 2. The number of allylic oxidation sites excluding steroid dienone is 2. The van der Waals surface area contributed by atoms with Gasteiger partial charge in [-0.25, -0.2) is 9.59 Å². The highest BCUT2D eigenvalue weighted by atomic mass is 79.9. The van der Waals surface area contributed by atoms with E-state index in [9.17, 15) is 9.59 Å². The Hall–Kier alpha value is -2.58. The molecule has 0 saturated carbocycles. The third kappa shape index (κ3) is 9.24. The number of benzene rings is 2. The second kappa shape index (κ2) is 13.7. The van der Waals surface area contributed by atoms with Gasteiger partial charge in [0, 0.05) is 10.7 Å². The monoisotopic (exact) mass is 662 g/mol. The molecule has 2 aromatic rings. The van der Waals surface area contributed by atoms with E-state index in [0.29, 0.717) is 10.7 Å². The van der Waals surface area contributed by atoms with Gasteiger partial charge in [-0.15, -0.1) is 0 Å². The Kier molecular flexibility index (Phi) is 11.4. The summed E-state index contributed by atoms with van der Waals surface area (Å²) < 4.78 is 11.2. The van der Waals surface area contributed by atoms with Crippen LogP contribution in [0, 0.1) is 5.41 Å². The Morgan fingerprint density at radius 1 is 0.744 bits per heavy atom. The van der Waals surface area contributed by atoms with Gasteiger partial charge in [0.1, 0.15) is 13.2 Å². The Morgan fingerprint density at radius 3 is 1.64 bits per heavy atom. The van der Waals surface area contributed by atoms with Crippen molar-refractivity contribution < 1.29 is 19.1 Å². The normalized spacial score (nSPS) is 11.9. The van der Waals surface area contributed by atoms with Crippen molar-refractivity contribution in [3.8, 4) is 0 Å². The lowest BCUT2D eigenvalue weighted by molar-refractivity contribution is 0.0477. The van der Waals surface area contributed by atoms with Crippen molar-refractivity contribution in [1.29, 1.82) is 0 Å². The predicted octanol–water partition coefficient (Wildman–Crippen LogP) is 8.15. The molecule has 2 amide bonds. The number of alkyl halides is 2. The first-order valence-corrected chi connectivity index (χ1v) is 14.9. The quantitative estimate of drug-likeness (QED) is 0.225. The van der Waals surface area contributed by atoms with Crippen LogP contribution in [0.4, 0.5) is 9.59 Å². The predicted molar refractivity (Wildman–Crippen MR) is 167 cm³/mol. The van der Waals surface area contributed by atoms with Crippen molar-refractivity contribution >= 4 is 55.2 Å². The molecule has 0 aliphatic heterocycles. The molecule has 0 atom stereocenters. The molecule has 0 aliphatic carbocycles. The van der Waals surface area contributed by atoms with Crippen LogP contribution in [0.3, 0.4) is 0 Å². The van der Waals surface area contributed by atoms with E-state index in [1.165, 1.54) is 0 Å². The maximum atomic E-state index is 12.8. The molecule has 0 heterocycles. The molecule has 0 aliphatic rings. The zero-order chi connectivity index (χ0) is 29.4. The zero-order valence-electron chi connectivity index (χ0n) is 23.8. The Balaban J connectivity index is 1.98. The average molecular weight is 664 g/mol. The zero-order valence-corrected chi connectivity index (χ0v) is 26.9. The number of hydrogen-bond donors (Lipinski definition) is 2. The van der Waals surface area contributed by atoms with Crippen LogP contribution in [-0.2, 0) is 20.6 Å². The fourth-order valence-corrected chi connectivity index (χ4v) is 5.32. The lowest BCUT2D eigenvalue weighted by atomic mass is 9.92. The van der Waals surface area contributed by atoms with Crippen molar-refractivity contribution in [3.05, 3.63) is 83.9 Å². The molecular weight excluding hydrogens is 624 g/mol. The van der Waals surface area contributed by atoms with E-state index in [0.717, 1.165) is 33.4 Å². The number of alkyl carbamates (subject to hydrolysis) is 2. The second-order valence-corrected chi connectivity index (χ2v) is 12.3. The topological polar surface area (TPSA) is 76.7 Å². The molecule has 2 rings (SSSR count). The SMILES string of the molecule is C=C(C)c1ccc(C(C)(C)NC(=O)OCC(CBr)(CBr)COC(=O)NC(C)(C)c2cccc(C(=C)C)c2)cc1. The molecule has 212 valence electrons. The first-order chi connectivity index (χ1) is 18.1. The highest BCUT2D eigenvalue weighted by molar-refractivity contribution is 9.09. The van der Waals surface area contributed by atoms with Crippen LogP contribution in [-0.4, -0.2) is 36.1 Å². The van der Waals surface area contributed by atoms with E-state index in [1.54, 1.807) is 0 Å². The number of nitrogens with one attached hydrogen (secondary N) is 2. The van der Waals surface area contributed by atoms with Gasteiger partial charge in [-0.1, -0.05) is 98.6 Å².